The zero-order valence-corrected chi connectivity index (χ0v) is 15.5. The Balaban J connectivity index is 1.56. The third-order valence-corrected chi connectivity index (χ3v) is 5.47. The Kier molecular flexibility index (Phi) is 5.23. The number of likely N-dealkylation sites (tertiary alicyclic amines) is 1. The quantitative estimate of drug-likeness (QED) is 0.705. The zero-order valence-electron chi connectivity index (χ0n) is 15.5. The van der Waals surface area contributed by atoms with Crippen LogP contribution < -0.4 is 4.74 Å². The number of hydrogen-bond donors (Lipinski definition) is 2. The van der Waals surface area contributed by atoms with Crippen LogP contribution in [0.25, 0.3) is 0 Å². The first-order valence-corrected chi connectivity index (χ1v) is 9.31. The van der Waals surface area contributed by atoms with Gasteiger partial charge in [-0.1, -0.05) is 36.4 Å². The van der Waals surface area contributed by atoms with Gasteiger partial charge in [0, 0.05) is 48.9 Å². The van der Waals surface area contributed by atoms with Gasteiger partial charge in [-0.05, 0) is 29.3 Å². The molecule has 0 saturated carbocycles. The van der Waals surface area contributed by atoms with E-state index in [0.717, 1.165) is 30.9 Å². The summed E-state index contributed by atoms with van der Waals surface area (Å²) in [6, 6.07) is 18.9. The summed E-state index contributed by atoms with van der Waals surface area (Å²) in [5, 5.41) is 16.9. The number of ether oxygens (including phenoxy) is 1. The van der Waals surface area contributed by atoms with Crippen molar-refractivity contribution in [1.29, 1.82) is 0 Å². The predicted octanol–water partition coefficient (Wildman–Crippen LogP) is 3.29. The molecule has 2 N–H and O–H groups in total. The monoisotopic (exact) mass is 363 g/mol. The normalized spacial score (nSPS) is 20.1. The number of rotatable bonds is 6. The molecule has 140 valence electrons. The second kappa shape index (κ2) is 7.94. The lowest BCUT2D eigenvalue weighted by Gasteiger charge is -2.17. The van der Waals surface area contributed by atoms with Crippen LogP contribution in [0.4, 0.5) is 0 Å². The lowest BCUT2D eigenvalue weighted by molar-refractivity contribution is 0.273. The van der Waals surface area contributed by atoms with Crippen molar-refractivity contribution in [3.05, 3.63) is 83.2 Å². The summed E-state index contributed by atoms with van der Waals surface area (Å²) in [7, 11) is 1.63. The minimum Gasteiger partial charge on any atom is -0.496 e. The Morgan fingerprint density at radius 2 is 1.93 bits per heavy atom. The molecule has 0 spiro atoms. The molecule has 1 fully saturated rings. The van der Waals surface area contributed by atoms with Gasteiger partial charge in [0.15, 0.2) is 0 Å². The predicted molar refractivity (Wildman–Crippen MR) is 105 cm³/mol. The second-order valence-electron chi connectivity index (χ2n) is 7.13. The fraction of sp³-hybridized carbons (Fsp3) is 0.318. The fourth-order valence-electron chi connectivity index (χ4n) is 4.15. The molecular weight excluding hydrogens is 338 g/mol. The number of H-pyrrole nitrogens is 1. The minimum absolute atomic E-state index is 0.0135. The SMILES string of the molecule is COc1ccc(CN2C[C@@H](c3ccccc3)[C@H](c3ccn[nH]3)C2)cc1CO. The highest BCUT2D eigenvalue weighted by Crippen LogP contribution is 2.39. The molecule has 2 heterocycles. The van der Waals surface area contributed by atoms with Gasteiger partial charge in [0.05, 0.1) is 13.7 Å². The van der Waals surface area contributed by atoms with Crippen molar-refractivity contribution >= 4 is 0 Å². The highest BCUT2D eigenvalue weighted by molar-refractivity contribution is 5.37. The zero-order chi connectivity index (χ0) is 18.6. The number of aromatic amines is 1. The summed E-state index contributed by atoms with van der Waals surface area (Å²) < 4.78 is 5.32. The molecule has 3 aromatic rings. The first-order chi connectivity index (χ1) is 13.3. The van der Waals surface area contributed by atoms with Gasteiger partial charge in [-0.2, -0.15) is 5.10 Å². The lowest BCUT2D eigenvalue weighted by Crippen LogP contribution is -2.20. The van der Waals surface area contributed by atoms with Crippen LogP contribution in [0.2, 0.25) is 0 Å². The van der Waals surface area contributed by atoms with E-state index >= 15 is 0 Å². The van der Waals surface area contributed by atoms with Gasteiger partial charge in [0.1, 0.15) is 5.75 Å². The number of aliphatic hydroxyl groups excluding tert-OH is 1. The van der Waals surface area contributed by atoms with Crippen LogP contribution in [0.1, 0.15) is 34.2 Å². The standard InChI is InChI=1S/C22H25N3O2/c1-27-22-8-7-16(11-18(22)15-26)12-25-13-19(17-5-3-2-4-6-17)20(14-25)21-9-10-23-24-21/h2-11,19-20,26H,12-15H2,1H3,(H,23,24)/t19-,20+/m0/s1. The van der Waals surface area contributed by atoms with Gasteiger partial charge >= 0.3 is 0 Å². The van der Waals surface area contributed by atoms with Gasteiger partial charge in [-0.25, -0.2) is 0 Å². The Labute approximate surface area is 159 Å². The average molecular weight is 363 g/mol. The van der Waals surface area contributed by atoms with Gasteiger partial charge in [0.25, 0.3) is 0 Å². The summed E-state index contributed by atoms with van der Waals surface area (Å²) in [5.74, 6) is 1.56. The van der Waals surface area contributed by atoms with E-state index in [4.69, 9.17) is 4.74 Å². The van der Waals surface area contributed by atoms with Crippen LogP contribution in [0.15, 0.2) is 60.8 Å². The average Bonchev–Trinajstić information content (AvgIpc) is 3.38. The third-order valence-electron chi connectivity index (χ3n) is 5.47. The number of aliphatic hydroxyl groups is 1. The summed E-state index contributed by atoms with van der Waals surface area (Å²) >= 11 is 0. The van der Waals surface area contributed by atoms with Crippen molar-refractivity contribution < 1.29 is 9.84 Å². The van der Waals surface area contributed by atoms with Gasteiger partial charge < -0.3 is 9.84 Å². The highest BCUT2D eigenvalue weighted by Gasteiger charge is 2.35. The molecule has 1 saturated heterocycles. The lowest BCUT2D eigenvalue weighted by atomic mass is 9.87. The molecule has 5 nitrogen and oxygen atoms in total. The number of benzene rings is 2. The van der Waals surface area contributed by atoms with Crippen molar-refractivity contribution in [2.45, 2.75) is 25.0 Å². The van der Waals surface area contributed by atoms with E-state index < -0.39 is 0 Å². The molecule has 0 bridgehead atoms. The van der Waals surface area contributed by atoms with E-state index in [0.29, 0.717) is 11.8 Å². The Morgan fingerprint density at radius 1 is 1.11 bits per heavy atom. The number of methoxy groups -OCH3 is 1. The second-order valence-corrected chi connectivity index (χ2v) is 7.13. The largest absolute Gasteiger partial charge is 0.496 e. The molecule has 5 heteroatoms. The first kappa shape index (κ1) is 17.8. The first-order valence-electron chi connectivity index (χ1n) is 9.31. The van der Waals surface area contributed by atoms with E-state index in [9.17, 15) is 5.11 Å². The molecule has 0 aliphatic carbocycles. The van der Waals surface area contributed by atoms with E-state index in [1.165, 1.54) is 16.8 Å². The molecule has 1 aromatic heterocycles. The Hall–Kier alpha value is -2.63. The highest BCUT2D eigenvalue weighted by atomic mass is 16.5. The van der Waals surface area contributed by atoms with Crippen molar-refractivity contribution in [3.63, 3.8) is 0 Å². The molecule has 0 radical (unpaired) electrons. The van der Waals surface area contributed by atoms with Crippen LogP contribution in [0.5, 0.6) is 5.75 Å². The fourth-order valence-corrected chi connectivity index (χ4v) is 4.15. The molecule has 27 heavy (non-hydrogen) atoms. The summed E-state index contributed by atoms with van der Waals surface area (Å²) in [6.45, 7) is 2.81. The molecule has 2 aromatic carbocycles. The molecule has 1 aliphatic heterocycles. The van der Waals surface area contributed by atoms with E-state index in [1.54, 1.807) is 7.11 Å². The van der Waals surface area contributed by atoms with Crippen molar-refractivity contribution in [1.82, 2.24) is 15.1 Å². The maximum atomic E-state index is 9.59. The van der Waals surface area contributed by atoms with Crippen LogP contribution in [-0.2, 0) is 13.2 Å². The number of nitrogens with one attached hydrogen (secondary N) is 1. The number of hydrogen-bond acceptors (Lipinski definition) is 4. The van der Waals surface area contributed by atoms with Crippen LogP contribution in [0.3, 0.4) is 0 Å². The summed E-state index contributed by atoms with van der Waals surface area (Å²) in [6.07, 6.45) is 1.83. The van der Waals surface area contributed by atoms with Gasteiger partial charge in [-0.15, -0.1) is 0 Å². The molecule has 2 atom stereocenters. The number of aromatic nitrogens is 2. The maximum absolute atomic E-state index is 9.59. The van der Waals surface area contributed by atoms with E-state index in [1.807, 2.05) is 18.3 Å². The summed E-state index contributed by atoms with van der Waals surface area (Å²) in [4.78, 5) is 2.48. The van der Waals surface area contributed by atoms with Crippen molar-refractivity contribution in [2.24, 2.45) is 0 Å². The Morgan fingerprint density at radius 3 is 2.63 bits per heavy atom. The third kappa shape index (κ3) is 3.75. The topological polar surface area (TPSA) is 61.4 Å². The minimum atomic E-state index is -0.0135. The van der Waals surface area contributed by atoms with Crippen molar-refractivity contribution in [3.8, 4) is 5.75 Å². The maximum Gasteiger partial charge on any atom is 0.124 e. The molecule has 4 rings (SSSR count). The molecular formula is C22H25N3O2. The molecule has 0 amide bonds. The van der Waals surface area contributed by atoms with Crippen molar-refractivity contribution in [2.75, 3.05) is 20.2 Å². The van der Waals surface area contributed by atoms with Gasteiger partial charge in [0.2, 0.25) is 0 Å². The van der Waals surface area contributed by atoms with Crippen LogP contribution in [0, 0.1) is 0 Å². The van der Waals surface area contributed by atoms with Crippen LogP contribution in [-0.4, -0.2) is 40.4 Å². The Bertz CT molecular complexity index is 865. The van der Waals surface area contributed by atoms with E-state index in [2.05, 4.69) is 57.6 Å². The molecule has 0 unspecified atom stereocenters. The van der Waals surface area contributed by atoms with Gasteiger partial charge in [-0.3, -0.25) is 10.00 Å². The molecule has 1 aliphatic rings. The smallest absolute Gasteiger partial charge is 0.124 e. The van der Waals surface area contributed by atoms with E-state index in [-0.39, 0.29) is 6.61 Å². The number of nitrogens with zero attached hydrogens (tertiary/aromatic N) is 2. The summed E-state index contributed by atoms with van der Waals surface area (Å²) in [5.41, 5.74) is 4.58. The van der Waals surface area contributed by atoms with Crippen LogP contribution >= 0.6 is 0 Å².